The van der Waals surface area contributed by atoms with Gasteiger partial charge in [0.05, 0.1) is 25.0 Å². The SMILES string of the molecule is CN(C)C/C=C/C(=O)O.Cc1cc(Nc2cc(NCCNC(=O)C3CCCC3)nc(Nc3ccc(CC#N)cc3)n2)n[nH]1.Cc1cc(Nc2cc(NCCNC(=O)[C@@H]3CCCN3C(=O)/C=C/CN(C)C)nc(Nc3ccc(CC#N)cc3)n2)n[nH]1. The lowest BCUT2D eigenvalue weighted by atomic mass is 10.1. The zero-order chi connectivity index (χ0) is 60.9. The number of rotatable bonds is 26. The number of carboxylic acids is 1. The van der Waals surface area contributed by atoms with Crippen molar-refractivity contribution in [1.82, 2.24) is 65.7 Å². The van der Waals surface area contributed by atoms with Crippen LogP contribution in [0.15, 0.2) is 97.1 Å². The van der Waals surface area contributed by atoms with Gasteiger partial charge in [-0.05, 0) is 103 Å². The van der Waals surface area contributed by atoms with Crippen molar-refractivity contribution in [3.8, 4) is 12.1 Å². The molecule has 0 unspecified atom stereocenters. The van der Waals surface area contributed by atoms with Crippen LogP contribution >= 0.6 is 0 Å². The number of benzene rings is 2. The fourth-order valence-corrected chi connectivity index (χ4v) is 8.72. The monoisotopic (exact) mass is 1160 g/mol. The minimum absolute atomic E-state index is 0.138. The number of likely N-dealkylation sites (tertiary alicyclic amines) is 1. The molecule has 2 fully saturated rings. The van der Waals surface area contributed by atoms with E-state index in [4.69, 9.17) is 15.6 Å². The van der Waals surface area contributed by atoms with Gasteiger partial charge in [0, 0.05) is 111 Å². The number of nitriles is 2. The minimum atomic E-state index is -0.892. The van der Waals surface area contributed by atoms with Gasteiger partial charge in [0.2, 0.25) is 29.6 Å². The molecule has 448 valence electrons. The van der Waals surface area contributed by atoms with Crippen LogP contribution in [0.1, 0.15) is 61.0 Å². The molecule has 0 spiro atoms. The van der Waals surface area contributed by atoms with Crippen molar-refractivity contribution in [2.45, 2.75) is 71.3 Å². The summed E-state index contributed by atoms with van der Waals surface area (Å²) < 4.78 is 0. The highest BCUT2D eigenvalue weighted by atomic mass is 16.4. The lowest BCUT2D eigenvalue weighted by Gasteiger charge is -2.23. The Morgan fingerprint density at radius 3 is 1.49 bits per heavy atom. The number of carboxylic acid groups (broad SMARTS) is 1. The van der Waals surface area contributed by atoms with Crippen LogP contribution in [0.2, 0.25) is 0 Å². The Morgan fingerprint density at radius 2 is 1.06 bits per heavy atom. The number of aliphatic carboxylic acids is 1. The van der Waals surface area contributed by atoms with Gasteiger partial charge < -0.3 is 62.3 Å². The lowest BCUT2D eigenvalue weighted by Crippen LogP contribution is -2.46. The number of carbonyl (C=O) groups excluding carboxylic acids is 3. The van der Waals surface area contributed by atoms with Gasteiger partial charge in [0.25, 0.3) is 0 Å². The second-order valence-electron chi connectivity index (χ2n) is 20.6. The zero-order valence-electron chi connectivity index (χ0n) is 49.0. The Kier molecular flexibility index (Phi) is 25.6. The number of anilines is 10. The van der Waals surface area contributed by atoms with E-state index in [-0.39, 0.29) is 23.6 Å². The van der Waals surface area contributed by atoms with E-state index >= 15 is 0 Å². The van der Waals surface area contributed by atoms with Crippen molar-refractivity contribution >= 4 is 81.9 Å². The third-order valence-electron chi connectivity index (χ3n) is 12.9. The van der Waals surface area contributed by atoms with Gasteiger partial charge in [-0.25, -0.2) is 4.79 Å². The van der Waals surface area contributed by atoms with Crippen LogP contribution in [0, 0.1) is 42.4 Å². The number of hydrogen-bond acceptors (Lipinski definition) is 20. The highest BCUT2D eigenvalue weighted by Gasteiger charge is 2.33. The van der Waals surface area contributed by atoms with Crippen LogP contribution in [0.5, 0.6) is 0 Å². The predicted molar refractivity (Wildman–Crippen MR) is 328 cm³/mol. The largest absolute Gasteiger partial charge is 0.478 e. The standard InChI is InChI=1S/C29H37N11O2.C24H29N9O.C6H11NO2/c1-20-18-26(38-37-20)34-25-19-24(35-29(36-25)33-22-10-8-21(9-11-22)12-13-30)31-14-15-32-28(42)23-6-4-17-40(23)27(41)7-5-16-39(2)3;1-16-14-22(33-32-16)29-21-15-20(26-12-13-27-23(34)18-4-2-3-5-18)30-24(31-21)28-19-8-6-17(7-9-19)10-11-25;1-7(2)5-3-4-6(8)9/h5,7-11,18-19,23H,4,6,12,14-17H2,1-3H3,(H,32,42)(H4,31,33,34,35,36,37,38);6-9,14-15,18H,2-5,10,12-13H2,1H3,(H,27,34)(H4,26,28,29,30,31,32,33);3-4H,5H2,1-2H3,(H,8,9)/b7-5+;;4-3+/t23-;;/m0../s1. The Labute approximate surface area is 495 Å². The van der Waals surface area contributed by atoms with E-state index < -0.39 is 12.0 Å². The minimum Gasteiger partial charge on any atom is -0.478 e. The van der Waals surface area contributed by atoms with Crippen LogP contribution in [0.3, 0.4) is 0 Å². The molecule has 4 aromatic heterocycles. The molecule has 1 saturated carbocycles. The number of hydrogen-bond donors (Lipinski definition) is 11. The van der Waals surface area contributed by atoms with Crippen LogP contribution in [-0.2, 0) is 32.0 Å². The van der Waals surface area contributed by atoms with Crippen molar-refractivity contribution in [2.24, 2.45) is 5.92 Å². The van der Waals surface area contributed by atoms with E-state index in [0.717, 1.165) is 72.1 Å². The van der Waals surface area contributed by atoms with E-state index in [1.165, 1.54) is 0 Å². The summed E-state index contributed by atoms with van der Waals surface area (Å²) in [6.45, 7) is 7.56. The maximum Gasteiger partial charge on any atom is 0.328 e. The third-order valence-corrected chi connectivity index (χ3v) is 12.9. The Hall–Kier alpha value is -9.92. The van der Waals surface area contributed by atoms with E-state index in [9.17, 15) is 19.2 Å². The first-order chi connectivity index (χ1) is 41.0. The van der Waals surface area contributed by atoms with Crippen molar-refractivity contribution in [3.63, 3.8) is 0 Å². The normalized spacial score (nSPS) is 13.7. The van der Waals surface area contributed by atoms with E-state index in [0.29, 0.717) is 112 Å². The van der Waals surface area contributed by atoms with Gasteiger partial charge in [-0.2, -0.15) is 40.7 Å². The van der Waals surface area contributed by atoms with Crippen LogP contribution in [-0.4, -0.2) is 164 Å². The van der Waals surface area contributed by atoms with Crippen molar-refractivity contribution in [1.29, 1.82) is 10.5 Å². The summed E-state index contributed by atoms with van der Waals surface area (Å²) >= 11 is 0. The number of nitrogens with zero attached hydrogens (tertiary/aromatic N) is 11. The Balaban J connectivity index is 0.000000241. The summed E-state index contributed by atoms with van der Waals surface area (Å²) in [5, 5.41) is 65.3. The maximum atomic E-state index is 12.9. The number of aromatic amines is 2. The second kappa shape index (κ2) is 33.9. The summed E-state index contributed by atoms with van der Waals surface area (Å²) in [5.41, 5.74) is 5.29. The van der Waals surface area contributed by atoms with Gasteiger partial charge in [-0.3, -0.25) is 24.6 Å². The van der Waals surface area contributed by atoms with Gasteiger partial charge in [0.1, 0.15) is 29.3 Å². The van der Waals surface area contributed by atoms with Crippen molar-refractivity contribution in [2.75, 3.05) is 106 Å². The van der Waals surface area contributed by atoms with Crippen molar-refractivity contribution < 1.29 is 24.3 Å². The molecule has 1 atom stereocenters. The summed E-state index contributed by atoms with van der Waals surface area (Å²) in [6, 6.07) is 26.2. The first-order valence-electron chi connectivity index (χ1n) is 28.0. The Bertz CT molecular complexity index is 3250. The predicted octanol–water partition coefficient (Wildman–Crippen LogP) is 6.67. The fourth-order valence-electron chi connectivity index (χ4n) is 8.72. The molecule has 0 bridgehead atoms. The number of likely N-dealkylation sites (N-methyl/N-ethyl adjacent to an activating group) is 2. The molecule has 6 aromatic rings. The molecule has 3 amide bonds. The number of nitrogens with one attached hydrogen (secondary N) is 10. The molecule has 1 aliphatic heterocycles. The van der Waals surface area contributed by atoms with Crippen molar-refractivity contribution in [3.05, 3.63) is 120 Å². The summed E-state index contributed by atoms with van der Waals surface area (Å²) in [4.78, 5) is 71.4. The first-order valence-corrected chi connectivity index (χ1v) is 28.0. The summed E-state index contributed by atoms with van der Waals surface area (Å²) in [7, 11) is 7.63. The van der Waals surface area contributed by atoms with Gasteiger partial charge in [0.15, 0.2) is 11.6 Å². The van der Waals surface area contributed by atoms with E-state index in [1.807, 2.05) is 119 Å². The molecule has 5 heterocycles. The molecule has 26 heteroatoms. The molecule has 0 radical (unpaired) electrons. The Morgan fingerprint density at radius 1 is 0.600 bits per heavy atom. The fraction of sp³-hybridized carbons (Fsp3) is 0.390. The molecule has 26 nitrogen and oxygen atoms in total. The van der Waals surface area contributed by atoms with Crippen LogP contribution in [0.4, 0.5) is 58.2 Å². The maximum absolute atomic E-state index is 12.9. The van der Waals surface area contributed by atoms with Gasteiger partial charge >= 0.3 is 5.97 Å². The van der Waals surface area contributed by atoms with E-state index in [1.54, 1.807) is 29.2 Å². The molecule has 1 aliphatic carbocycles. The lowest BCUT2D eigenvalue weighted by molar-refractivity contribution is -0.135. The smallest absolute Gasteiger partial charge is 0.328 e. The first kappa shape index (κ1) is 64.3. The summed E-state index contributed by atoms with van der Waals surface area (Å²) in [6.07, 6.45) is 12.5. The van der Waals surface area contributed by atoms with E-state index in [2.05, 4.69) is 95.0 Å². The number of aryl methyl sites for hydroxylation is 2. The highest BCUT2D eigenvalue weighted by molar-refractivity contribution is 5.93. The third kappa shape index (κ3) is 23.1. The number of amides is 3. The molecule has 85 heavy (non-hydrogen) atoms. The average Bonchev–Trinajstić information content (AvgIpc) is 4.52. The molecule has 1 saturated heterocycles. The molecule has 2 aliphatic rings. The highest BCUT2D eigenvalue weighted by Crippen LogP contribution is 2.26. The zero-order valence-corrected chi connectivity index (χ0v) is 49.0. The molecular formula is C59H77N21O5. The summed E-state index contributed by atoms with van der Waals surface area (Å²) in [5.74, 6) is 3.38. The molecule has 11 N–H and O–H groups in total. The molecular weight excluding hydrogens is 1080 g/mol. The molecule has 2 aromatic carbocycles. The number of aromatic nitrogens is 8. The second-order valence-corrected chi connectivity index (χ2v) is 20.6. The number of H-pyrrole nitrogens is 2. The van der Waals surface area contributed by atoms with Gasteiger partial charge in [-0.1, -0.05) is 49.3 Å². The van der Waals surface area contributed by atoms with Crippen LogP contribution in [0.25, 0.3) is 0 Å². The van der Waals surface area contributed by atoms with Gasteiger partial charge in [-0.15, -0.1) is 0 Å². The van der Waals surface area contributed by atoms with Crippen LogP contribution < -0.4 is 42.5 Å². The number of carbonyl (C=O) groups is 4. The topological polar surface area (TPSA) is 351 Å². The quantitative estimate of drug-likeness (QED) is 0.0199. The average molecular weight is 1160 g/mol. The molecule has 8 rings (SSSR count).